The first kappa shape index (κ1) is 22.4. The Kier molecular flexibility index (Phi) is 6.67. The van der Waals surface area contributed by atoms with E-state index in [1.807, 2.05) is 19.1 Å². The van der Waals surface area contributed by atoms with Gasteiger partial charge in [-0.15, -0.1) is 0 Å². The average Bonchev–Trinajstić information content (AvgIpc) is 2.77. The molecule has 166 valence electrons. The van der Waals surface area contributed by atoms with E-state index in [1.54, 1.807) is 21.9 Å². The first-order valence-corrected chi connectivity index (χ1v) is 9.79. The molecule has 0 atom stereocenters. The van der Waals surface area contributed by atoms with E-state index >= 15 is 0 Å². The van der Waals surface area contributed by atoms with Gasteiger partial charge in [-0.1, -0.05) is 19.1 Å². The van der Waals surface area contributed by atoms with Crippen LogP contribution in [-0.2, 0) is 17.4 Å². The van der Waals surface area contributed by atoms with Crippen molar-refractivity contribution < 1.29 is 27.6 Å². The summed E-state index contributed by atoms with van der Waals surface area (Å²) in [4.78, 5) is 26.1. The van der Waals surface area contributed by atoms with Crippen LogP contribution in [0.5, 0.6) is 5.75 Å². The molecule has 0 aromatic heterocycles. The fourth-order valence-corrected chi connectivity index (χ4v) is 3.37. The van der Waals surface area contributed by atoms with Crippen LogP contribution in [0.25, 0.3) is 0 Å². The minimum Gasteiger partial charge on any atom is -0.484 e. The Morgan fingerprint density at radius 1 is 1.10 bits per heavy atom. The summed E-state index contributed by atoms with van der Waals surface area (Å²) >= 11 is 0. The molecule has 1 aliphatic rings. The number of rotatable bonds is 6. The second-order valence-corrected chi connectivity index (χ2v) is 7.11. The number of carbonyl (C=O) groups excluding carboxylic acids is 1. The summed E-state index contributed by atoms with van der Waals surface area (Å²) in [5.41, 5.74) is -0.404. The molecular weight excluding hydrogens is 415 g/mol. The molecule has 0 N–H and O–H groups in total. The van der Waals surface area contributed by atoms with Crippen molar-refractivity contribution >= 4 is 17.3 Å². The molecular formula is C21H22F3N3O4. The Labute approximate surface area is 177 Å². The predicted octanol–water partition coefficient (Wildman–Crippen LogP) is 3.90. The van der Waals surface area contributed by atoms with Crippen molar-refractivity contribution in [3.63, 3.8) is 0 Å². The van der Waals surface area contributed by atoms with Crippen molar-refractivity contribution in [3.8, 4) is 5.75 Å². The fourth-order valence-electron chi connectivity index (χ4n) is 3.37. The zero-order valence-electron chi connectivity index (χ0n) is 16.9. The van der Waals surface area contributed by atoms with Crippen molar-refractivity contribution in [1.82, 2.24) is 4.90 Å². The maximum absolute atomic E-state index is 12.9. The van der Waals surface area contributed by atoms with Crippen LogP contribution in [0, 0.1) is 10.1 Å². The highest BCUT2D eigenvalue weighted by Gasteiger charge is 2.34. The number of halogens is 3. The number of alkyl halides is 3. The number of nitro groups is 1. The van der Waals surface area contributed by atoms with Gasteiger partial charge in [0.1, 0.15) is 11.4 Å². The minimum atomic E-state index is -4.66. The van der Waals surface area contributed by atoms with Gasteiger partial charge in [-0.2, -0.15) is 13.2 Å². The third-order valence-corrected chi connectivity index (χ3v) is 5.17. The Hall–Kier alpha value is -3.30. The number of anilines is 1. The average molecular weight is 437 g/mol. The van der Waals surface area contributed by atoms with Gasteiger partial charge >= 0.3 is 6.18 Å². The number of nitrogens with zero attached hydrogens (tertiary/aromatic N) is 3. The van der Waals surface area contributed by atoms with E-state index in [-0.39, 0.29) is 44.4 Å². The van der Waals surface area contributed by atoms with Crippen LogP contribution in [0.3, 0.4) is 0 Å². The molecule has 1 aliphatic heterocycles. The molecule has 1 amide bonds. The lowest BCUT2D eigenvalue weighted by Crippen LogP contribution is -2.50. The van der Waals surface area contributed by atoms with Gasteiger partial charge in [-0.3, -0.25) is 14.9 Å². The van der Waals surface area contributed by atoms with E-state index in [9.17, 15) is 28.1 Å². The zero-order valence-corrected chi connectivity index (χ0v) is 16.9. The molecule has 7 nitrogen and oxygen atoms in total. The molecule has 2 aromatic rings. The van der Waals surface area contributed by atoms with E-state index < -0.39 is 22.4 Å². The van der Waals surface area contributed by atoms with Crippen molar-refractivity contribution in [3.05, 3.63) is 63.7 Å². The number of ether oxygens (including phenoxy) is 1. The van der Waals surface area contributed by atoms with Crippen molar-refractivity contribution in [2.24, 2.45) is 0 Å². The van der Waals surface area contributed by atoms with E-state index in [0.717, 1.165) is 24.1 Å². The van der Waals surface area contributed by atoms with E-state index in [1.165, 1.54) is 0 Å². The number of carbonyl (C=O) groups is 1. The summed E-state index contributed by atoms with van der Waals surface area (Å²) in [5.74, 6) is 0.366. The summed E-state index contributed by atoms with van der Waals surface area (Å²) in [6.07, 6.45) is -3.76. The van der Waals surface area contributed by atoms with Crippen molar-refractivity contribution in [2.45, 2.75) is 19.5 Å². The highest BCUT2D eigenvalue weighted by molar-refractivity contribution is 5.78. The SMILES string of the molecule is CCc1ccc(OCC(=O)N2CCN(c3ccc(C(F)(F)F)cc3[N+](=O)[O-])CC2)cc1. The Morgan fingerprint density at radius 3 is 2.29 bits per heavy atom. The first-order valence-electron chi connectivity index (χ1n) is 9.79. The minimum absolute atomic E-state index is 0.109. The second kappa shape index (κ2) is 9.23. The van der Waals surface area contributed by atoms with Crippen LogP contribution >= 0.6 is 0 Å². The van der Waals surface area contributed by atoms with Crippen LogP contribution in [0.1, 0.15) is 18.1 Å². The third kappa shape index (κ3) is 5.44. The van der Waals surface area contributed by atoms with Crippen molar-refractivity contribution in [1.29, 1.82) is 0 Å². The predicted molar refractivity (Wildman–Crippen MR) is 108 cm³/mol. The molecule has 1 fully saturated rings. The van der Waals surface area contributed by atoms with Gasteiger partial charge in [0.2, 0.25) is 0 Å². The Balaban J connectivity index is 1.59. The monoisotopic (exact) mass is 437 g/mol. The molecule has 10 heteroatoms. The summed E-state index contributed by atoms with van der Waals surface area (Å²) in [5, 5.41) is 11.3. The van der Waals surface area contributed by atoms with Crippen LogP contribution in [0.4, 0.5) is 24.5 Å². The Morgan fingerprint density at radius 2 is 1.74 bits per heavy atom. The van der Waals surface area contributed by atoms with Gasteiger partial charge in [0.15, 0.2) is 6.61 Å². The number of hydrogen-bond donors (Lipinski definition) is 0. The second-order valence-electron chi connectivity index (χ2n) is 7.11. The number of nitro benzene ring substituents is 1. The van der Waals surface area contributed by atoms with Gasteiger partial charge in [0.25, 0.3) is 11.6 Å². The smallest absolute Gasteiger partial charge is 0.416 e. The normalized spacial score (nSPS) is 14.5. The largest absolute Gasteiger partial charge is 0.484 e. The van der Waals surface area contributed by atoms with Gasteiger partial charge in [0.05, 0.1) is 10.5 Å². The molecule has 0 unspecified atom stereocenters. The number of piperazine rings is 1. The molecule has 1 saturated heterocycles. The lowest BCUT2D eigenvalue weighted by atomic mass is 10.1. The molecule has 0 aliphatic carbocycles. The Bertz CT molecular complexity index is 940. The van der Waals surface area contributed by atoms with Gasteiger partial charge in [-0.25, -0.2) is 0 Å². The fraction of sp³-hybridized carbons (Fsp3) is 0.381. The van der Waals surface area contributed by atoms with Crippen LogP contribution in [0.15, 0.2) is 42.5 Å². The summed E-state index contributed by atoms with van der Waals surface area (Å²) in [7, 11) is 0. The molecule has 31 heavy (non-hydrogen) atoms. The van der Waals surface area contributed by atoms with E-state index in [4.69, 9.17) is 4.74 Å². The van der Waals surface area contributed by atoms with Crippen LogP contribution in [0.2, 0.25) is 0 Å². The first-order chi connectivity index (χ1) is 14.7. The van der Waals surface area contributed by atoms with Crippen LogP contribution in [-0.4, -0.2) is 48.5 Å². The lowest BCUT2D eigenvalue weighted by Gasteiger charge is -2.35. The van der Waals surface area contributed by atoms with E-state index in [2.05, 4.69) is 0 Å². The molecule has 0 bridgehead atoms. The maximum Gasteiger partial charge on any atom is 0.416 e. The molecule has 0 saturated carbocycles. The number of hydrogen-bond acceptors (Lipinski definition) is 5. The summed E-state index contributed by atoms with van der Waals surface area (Å²) in [6.45, 7) is 3.01. The zero-order chi connectivity index (χ0) is 22.6. The summed E-state index contributed by atoms with van der Waals surface area (Å²) < 4.78 is 44.2. The number of benzene rings is 2. The molecule has 0 spiro atoms. The molecule has 3 rings (SSSR count). The van der Waals surface area contributed by atoms with E-state index in [0.29, 0.717) is 11.8 Å². The number of amides is 1. The highest BCUT2D eigenvalue weighted by Crippen LogP contribution is 2.36. The topological polar surface area (TPSA) is 75.9 Å². The standard InChI is InChI=1S/C21H22F3N3O4/c1-2-15-3-6-17(7-4-15)31-14-20(28)26-11-9-25(10-12-26)18-8-5-16(21(22,23)24)13-19(18)27(29)30/h3-8,13H,2,9-12,14H2,1H3. The van der Waals surface area contributed by atoms with Crippen LogP contribution < -0.4 is 9.64 Å². The lowest BCUT2D eigenvalue weighted by molar-refractivity contribution is -0.384. The van der Waals surface area contributed by atoms with Gasteiger partial charge in [0, 0.05) is 32.2 Å². The summed E-state index contributed by atoms with van der Waals surface area (Å²) in [6, 6.07) is 9.94. The highest BCUT2D eigenvalue weighted by atomic mass is 19.4. The number of aryl methyl sites for hydroxylation is 1. The van der Waals surface area contributed by atoms with Crippen molar-refractivity contribution in [2.75, 3.05) is 37.7 Å². The molecule has 2 aromatic carbocycles. The third-order valence-electron chi connectivity index (χ3n) is 5.17. The van der Waals surface area contributed by atoms with Gasteiger partial charge < -0.3 is 14.5 Å². The quantitative estimate of drug-likeness (QED) is 0.506. The molecule has 0 radical (unpaired) electrons. The van der Waals surface area contributed by atoms with Gasteiger partial charge in [-0.05, 0) is 36.2 Å². The maximum atomic E-state index is 12.9. The molecule has 1 heterocycles.